The molecule has 14 heavy (non-hydrogen) atoms. The van der Waals surface area contributed by atoms with E-state index < -0.39 is 0 Å². The van der Waals surface area contributed by atoms with Crippen LogP contribution in [0.25, 0.3) is 0 Å². The van der Waals surface area contributed by atoms with Gasteiger partial charge >= 0.3 is 0 Å². The molecule has 0 spiro atoms. The Hall–Kier alpha value is -0.790. The zero-order valence-corrected chi connectivity index (χ0v) is 9.43. The van der Waals surface area contributed by atoms with Crippen LogP contribution in [0, 0.1) is 5.41 Å². The first-order valence-corrected chi connectivity index (χ1v) is 5.39. The number of rotatable bonds is 5. The van der Waals surface area contributed by atoms with Crippen LogP contribution in [-0.4, -0.2) is 12.4 Å². The van der Waals surface area contributed by atoms with Crippen LogP contribution in [0.4, 0.5) is 0 Å². The minimum atomic E-state index is -0.0323. The van der Waals surface area contributed by atoms with Crippen molar-refractivity contribution in [1.82, 2.24) is 0 Å². The van der Waals surface area contributed by atoms with Gasteiger partial charge in [0.25, 0.3) is 0 Å². The molecule has 0 radical (unpaired) electrons. The topological polar surface area (TPSA) is 26.3 Å². The van der Waals surface area contributed by atoms with Crippen LogP contribution >= 0.6 is 0 Å². The number of ether oxygens (including phenoxy) is 1. The Morgan fingerprint density at radius 2 is 2.29 bits per heavy atom. The summed E-state index contributed by atoms with van der Waals surface area (Å²) in [7, 11) is 0. The van der Waals surface area contributed by atoms with Crippen LogP contribution in [0.3, 0.4) is 0 Å². The summed E-state index contributed by atoms with van der Waals surface area (Å²) in [4.78, 5) is 11.4. The van der Waals surface area contributed by atoms with Crippen molar-refractivity contribution in [2.75, 3.05) is 6.61 Å². The fourth-order valence-electron chi connectivity index (χ4n) is 1.88. The van der Waals surface area contributed by atoms with Gasteiger partial charge in [-0.3, -0.25) is 4.79 Å². The van der Waals surface area contributed by atoms with Crippen molar-refractivity contribution >= 4 is 5.78 Å². The predicted molar refractivity (Wildman–Crippen MR) is 57.0 cm³/mol. The highest BCUT2D eigenvalue weighted by atomic mass is 16.5. The van der Waals surface area contributed by atoms with Gasteiger partial charge in [0.05, 0.1) is 12.9 Å². The summed E-state index contributed by atoms with van der Waals surface area (Å²) >= 11 is 0. The summed E-state index contributed by atoms with van der Waals surface area (Å²) < 4.78 is 5.36. The lowest BCUT2D eigenvalue weighted by Gasteiger charge is -2.39. The molecular formula is C12H20O2. The molecule has 0 aromatic rings. The second-order valence-corrected chi connectivity index (χ2v) is 4.37. The highest BCUT2D eigenvalue weighted by molar-refractivity contribution is 5.90. The summed E-state index contributed by atoms with van der Waals surface area (Å²) in [6, 6.07) is 0. The molecule has 0 aromatic heterocycles. The number of carbonyl (C=O) groups is 1. The number of hydrogen-bond acceptors (Lipinski definition) is 2. The Labute approximate surface area is 86.3 Å². The van der Waals surface area contributed by atoms with Gasteiger partial charge in [-0.1, -0.05) is 6.92 Å². The van der Waals surface area contributed by atoms with Crippen LogP contribution in [-0.2, 0) is 9.53 Å². The van der Waals surface area contributed by atoms with E-state index in [9.17, 15) is 4.79 Å². The van der Waals surface area contributed by atoms with Crippen molar-refractivity contribution in [3.63, 3.8) is 0 Å². The van der Waals surface area contributed by atoms with Gasteiger partial charge < -0.3 is 4.74 Å². The third-order valence-electron chi connectivity index (χ3n) is 3.12. The van der Waals surface area contributed by atoms with Gasteiger partial charge in [0.15, 0.2) is 0 Å². The third-order valence-corrected chi connectivity index (χ3v) is 3.12. The van der Waals surface area contributed by atoms with Crippen LogP contribution in [0.5, 0.6) is 0 Å². The largest absolute Gasteiger partial charge is 0.501 e. The van der Waals surface area contributed by atoms with Gasteiger partial charge in [-0.2, -0.15) is 0 Å². The van der Waals surface area contributed by atoms with Crippen molar-refractivity contribution < 1.29 is 9.53 Å². The van der Waals surface area contributed by atoms with Gasteiger partial charge in [0.2, 0.25) is 0 Å². The quantitative estimate of drug-likeness (QED) is 0.499. The molecule has 1 aliphatic carbocycles. The first-order chi connectivity index (χ1) is 6.60. The molecular weight excluding hydrogens is 176 g/mol. The Bertz CT molecular complexity index is 235. The van der Waals surface area contributed by atoms with Crippen LogP contribution in [0.15, 0.2) is 11.8 Å². The molecule has 1 saturated carbocycles. The van der Waals surface area contributed by atoms with Crippen molar-refractivity contribution in [3.8, 4) is 0 Å². The van der Waals surface area contributed by atoms with Gasteiger partial charge in [-0.15, -0.1) is 0 Å². The molecule has 0 amide bonds. The smallest absolute Gasteiger partial charge is 0.139 e. The molecule has 1 fully saturated rings. The fraction of sp³-hybridized carbons (Fsp3) is 0.750. The standard InChI is InChI=1S/C12H20O2/c1-4-12(6-5-11(12)13)7-8-14-9-10(2)3/h9H,4-8H2,1-3H3. The van der Waals surface area contributed by atoms with Gasteiger partial charge in [-0.05, 0) is 38.7 Å². The highest BCUT2D eigenvalue weighted by Gasteiger charge is 2.43. The number of carbonyl (C=O) groups excluding carboxylic acids is 1. The van der Waals surface area contributed by atoms with E-state index in [0.717, 1.165) is 31.3 Å². The molecule has 0 N–H and O–H groups in total. The number of ketones is 1. The van der Waals surface area contributed by atoms with E-state index in [0.29, 0.717) is 12.4 Å². The van der Waals surface area contributed by atoms with E-state index in [1.807, 2.05) is 13.8 Å². The van der Waals surface area contributed by atoms with Crippen molar-refractivity contribution in [1.29, 1.82) is 0 Å². The first kappa shape index (κ1) is 11.3. The van der Waals surface area contributed by atoms with E-state index in [-0.39, 0.29) is 5.41 Å². The van der Waals surface area contributed by atoms with E-state index in [2.05, 4.69) is 6.92 Å². The average molecular weight is 196 g/mol. The van der Waals surface area contributed by atoms with Crippen LogP contribution < -0.4 is 0 Å². The molecule has 1 rings (SSSR count). The molecule has 80 valence electrons. The first-order valence-electron chi connectivity index (χ1n) is 5.39. The summed E-state index contributed by atoms with van der Waals surface area (Å²) in [6.07, 6.45) is 5.44. The maximum Gasteiger partial charge on any atom is 0.139 e. The Balaban J connectivity index is 2.29. The minimum absolute atomic E-state index is 0.0323. The second kappa shape index (κ2) is 4.63. The fourth-order valence-corrected chi connectivity index (χ4v) is 1.88. The second-order valence-electron chi connectivity index (χ2n) is 4.37. The van der Waals surface area contributed by atoms with Gasteiger partial charge in [-0.25, -0.2) is 0 Å². The summed E-state index contributed by atoms with van der Waals surface area (Å²) in [5.41, 5.74) is 1.13. The Morgan fingerprint density at radius 3 is 2.64 bits per heavy atom. The van der Waals surface area contributed by atoms with E-state index >= 15 is 0 Å². The molecule has 2 nitrogen and oxygen atoms in total. The van der Waals surface area contributed by atoms with E-state index in [1.54, 1.807) is 6.26 Å². The summed E-state index contributed by atoms with van der Waals surface area (Å²) in [5.74, 6) is 0.431. The number of hydrogen-bond donors (Lipinski definition) is 0. The lowest BCUT2D eigenvalue weighted by Crippen LogP contribution is -2.40. The Kier molecular flexibility index (Phi) is 3.73. The van der Waals surface area contributed by atoms with Gasteiger partial charge in [0.1, 0.15) is 5.78 Å². The highest BCUT2D eigenvalue weighted by Crippen LogP contribution is 2.43. The molecule has 1 unspecified atom stereocenters. The summed E-state index contributed by atoms with van der Waals surface area (Å²) in [6.45, 7) is 6.77. The van der Waals surface area contributed by atoms with Crippen molar-refractivity contribution in [2.45, 2.75) is 46.5 Å². The number of Topliss-reactive ketones (excluding diaryl/α,β-unsaturated/α-hetero) is 1. The molecule has 1 atom stereocenters. The third kappa shape index (κ3) is 2.37. The van der Waals surface area contributed by atoms with Crippen molar-refractivity contribution in [2.24, 2.45) is 5.41 Å². The minimum Gasteiger partial charge on any atom is -0.501 e. The molecule has 0 saturated heterocycles. The monoisotopic (exact) mass is 196 g/mol. The molecule has 0 aliphatic heterocycles. The van der Waals surface area contributed by atoms with E-state index in [1.165, 1.54) is 0 Å². The lowest BCUT2D eigenvalue weighted by molar-refractivity contribution is -0.139. The molecule has 0 heterocycles. The van der Waals surface area contributed by atoms with Crippen LogP contribution in [0.1, 0.15) is 46.5 Å². The zero-order chi connectivity index (χ0) is 10.6. The van der Waals surface area contributed by atoms with Crippen molar-refractivity contribution in [3.05, 3.63) is 11.8 Å². The SMILES string of the molecule is CCC1(CCOC=C(C)C)CCC1=O. The van der Waals surface area contributed by atoms with E-state index in [4.69, 9.17) is 4.74 Å². The van der Waals surface area contributed by atoms with Gasteiger partial charge in [0, 0.05) is 11.8 Å². The zero-order valence-electron chi connectivity index (χ0n) is 9.43. The molecule has 2 heteroatoms. The normalized spacial score (nSPS) is 25.5. The lowest BCUT2D eigenvalue weighted by atomic mass is 9.64. The summed E-state index contributed by atoms with van der Waals surface area (Å²) in [5, 5.41) is 0. The molecule has 0 bridgehead atoms. The maximum absolute atomic E-state index is 11.4. The Morgan fingerprint density at radius 1 is 1.57 bits per heavy atom. The number of allylic oxidation sites excluding steroid dienone is 1. The molecule has 1 aliphatic rings. The predicted octanol–water partition coefficient (Wildman–Crippen LogP) is 3.08. The molecule has 0 aromatic carbocycles. The maximum atomic E-state index is 11.4. The average Bonchev–Trinajstić information content (AvgIpc) is 2.15. The van der Waals surface area contributed by atoms with Crippen LogP contribution in [0.2, 0.25) is 0 Å².